The molecule has 0 saturated carbocycles. The second-order valence-corrected chi connectivity index (χ2v) is 5.51. The van der Waals surface area contributed by atoms with Crippen molar-refractivity contribution < 1.29 is 19.8 Å². The Morgan fingerprint density at radius 1 is 0.952 bits per heavy atom. The molecule has 0 aliphatic carbocycles. The lowest BCUT2D eigenvalue weighted by atomic mass is 10.0. The molecule has 0 aliphatic heterocycles. The van der Waals surface area contributed by atoms with Gasteiger partial charge >= 0.3 is 11.9 Å². The van der Waals surface area contributed by atoms with Crippen molar-refractivity contribution in [1.82, 2.24) is 0 Å². The third kappa shape index (κ3) is 16.8. The average Bonchev–Trinajstić information content (AvgIpc) is 2.45. The molecular weight excluding hydrogens is 270 g/mol. The van der Waals surface area contributed by atoms with Gasteiger partial charge in [-0.2, -0.15) is 0 Å². The van der Waals surface area contributed by atoms with Gasteiger partial charge in [0.25, 0.3) is 0 Å². The van der Waals surface area contributed by atoms with Gasteiger partial charge in [-0.3, -0.25) is 9.59 Å². The number of hydrogen-bond acceptors (Lipinski definition) is 3. The van der Waals surface area contributed by atoms with Gasteiger partial charge in [0.15, 0.2) is 0 Å². The molecule has 2 atom stereocenters. The number of unbranched alkanes of at least 4 members (excludes halogenated alkanes) is 6. The van der Waals surface area contributed by atoms with Gasteiger partial charge in [-0.25, -0.2) is 0 Å². The Labute approximate surface area is 128 Å². The van der Waals surface area contributed by atoms with E-state index in [1.165, 1.54) is 32.1 Å². The number of hydrogen-bond donors (Lipinski definition) is 3. The third-order valence-electron chi connectivity index (χ3n) is 3.54. The molecule has 0 bridgehead atoms. The topological polar surface area (TPSA) is 101 Å². The monoisotopic (exact) mass is 303 g/mol. The highest BCUT2D eigenvalue weighted by Gasteiger charge is 2.17. The maximum Gasteiger partial charge on any atom is 0.320 e. The zero-order valence-corrected chi connectivity index (χ0v) is 13.8. The molecule has 2 unspecified atom stereocenters. The lowest BCUT2D eigenvalue weighted by molar-refractivity contribution is -0.140. The Bertz CT molecular complexity index is 269. The standard InChI is InChI=1S/C10H20O2.C6H13NO2/c1-2-3-4-5-6-7-8-9-10(11)12;1-3-4(2)5(7)6(8)9/h2-9H2,1H3,(H,11,12);4-5H,3,7H2,1-2H3,(H,8,9). The minimum absolute atomic E-state index is 0.0718. The Morgan fingerprint density at radius 2 is 1.43 bits per heavy atom. The van der Waals surface area contributed by atoms with Crippen molar-refractivity contribution in [2.75, 3.05) is 0 Å². The van der Waals surface area contributed by atoms with E-state index in [1.54, 1.807) is 0 Å². The fourth-order valence-electron chi connectivity index (χ4n) is 1.73. The Kier molecular flexibility index (Phi) is 16.2. The van der Waals surface area contributed by atoms with Crippen LogP contribution in [0.5, 0.6) is 0 Å². The number of aliphatic carboxylic acids is 2. The first-order valence-electron chi connectivity index (χ1n) is 8.06. The lowest BCUT2D eigenvalue weighted by Gasteiger charge is -2.11. The maximum atomic E-state index is 10.2. The molecule has 0 heterocycles. The Morgan fingerprint density at radius 3 is 1.76 bits per heavy atom. The van der Waals surface area contributed by atoms with E-state index in [4.69, 9.17) is 15.9 Å². The molecule has 0 aromatic heterocycles. The molecule has 5 heteroatoms. The molecule has 126 valence electrons. The molecule has 0 fully saturated rings. The van der Waals surface area contributed by atoms with Gasteiger partial charge < -0.3 is 15.9 Å². The first-order chi connectivity index (χ1) is 9.86. The number of carbonyl (C=O) groups is 2. The molecule has 0 rings (SSSR count). The third-order valence-corrected chi connectivity index (χ3v) is 3.54. The predicted molar refractivity (Wildman–Crippen MR) is 85.3 cm³/mol. The number of carboxylic acids is 2. The summed E-state index contributed by atoms with van der Waals surface area (Å²) in [4.78, 5) is 20.3. The van der Waals surface area contributed by atoms with E-state index in [0.717, 1.165) is 19.3 Å². The minimum Gasteiger partial charge on any atom is -0.481 e. The molecule has 0 amide bonds. The fraction of sp³-hybridized carbons (Fsp3) is 0.875. The highest BCUT2D eigenvalue weighted by molar-refractivity contribution is 5.73. The van der Waals surface area contributed by atoms with Crippen LogP contribution in [0.2, 0.25) is 0 Å². The summed E-state index contributed by atoms with van der Waals surface area (Å²) in [5, 5.41) is 16.7. The van der Waals surface area contributed by atoms with E-state index in [2.05, 4.69) is 6.92 Å². The van der Waals surface area contributed by atoms with Crippen molar-refractivity contribution in [2.45, 2.75) is 84.6 Å². The molecule has 0 aliphatic rings. The average molecular weight is 303 g/mol. The smallest absolute Gasteiger partial charge is 0.320 e. The van der Waals surface area contributed by atoms with Crippen LogP contribution in [0.3, 0.4) is 0 Å². The molecule has 0 radical (unpaired) electrons. The van der Waals surface area contributed by atoms with Gasteiger partial charge in [-0.05, 0) is 12.3 Å². The second kappa shape index (κ2) is 15.3. The van der Waals surface area contributed by atoms with Crippen molar-refractivity contribution in [1.29, 1.82) is 0 Å². The summed E-state index contributed by atoms with van der Waals surface area (Å²) in [6.45, 7) is 5.96. The van der Waals surface area contributed by atoms with Crippen LogP contribution in [0.25, 0.3) is 0 Å². The molecule has 0 saturated heterocycles. The van der Waals surface area contributed by atoms with Gasteiger partial charge in [0, 0.05) is 6.42 Å². The molecular formula is C16H33NO4. The summed E-state index contributed by atoms with van der Waals surface area (Å²) in [7, 11) is 0. The number of rotatable bonds is 11. The van der Waals surface area contributed by atoms with E-state index >= 15 is 0 Å². The zero-order chi connectivity index (χ0) is 16.7. The molecule has 21 heavy (non-hydrogen) atoms. The van der Waals surface area contributed by atoms with E-state index in [1.807, 2.05) is 13.8 Å². The van der Waals surface area contributed by atoms with Gasteiger partial charge in [-0.1, -0.05) is 65.7 Å². The van der Waals surface area contributed by atoms with Crippen molar-refractivity contribution in [3.8, 4) is 0 Å². The first kappa shape index (κ1) is 22.2. The van der Waals surface area contributed by atoms with Crippen LogP contribution >= 0.6 is 0 Å². The molecule has 4 N–H and O–H groups in total. The Hall–Kier alpha value is -1.10. The summed E-state index contributed by atoms with van der Waals surface area (Å²) in [5.41, 5.74) is 5.27. The number of carboxylic acid groups (broad SMARTS) is 2. The zero-order valence-electron chi connectivity index (χ0n) is 13.8. The van der Waals surface area contributed by atoms with E-state index in [0.29, 0.717) is 6.42 Å². The van der Waals surface area contributed by atoms with Gasteiger partial charge in [0.2, 0.25) is 0 Å². The van der Waals surface area contributed by atoms with Crippen molar-refractivity contribution in [2.24, 2.45) is 11.7 Å². The molecule has 0 aromatic rings. The molecule has 5 nitrogen and oxygen atoms in total. The van der Waals surface area contributed by atoms with Crippen LogP contribution in [0, 0.1) is 5.92 Å². The summed E-state index contributed by atoms with van der Waals surface area (Å²) in [5.74, 6) is -1.50. The molecule has 0 aromatic carbocycles. The van der Waals surface area contributed by atoms with E-state index < -0.39 is 18.0 Å². The van der Waals surface area contributed by atoms with Gasteiger partial charge in [0.1, 0.15) is 6.04 Å². The summed E-state index contributed by atoms with van der Waals surface area (Å²) >= 11 is 0. The van der Waals surface area contributed by atoms with Crippen LogP contribution in [-0.4, -0.2) is 28.2 Å². The van der Waals surface area contributed by atoms with Crippen molar-refractivity contribution in [3.63, 3.8) is 0 Å². The van der Waals surface area contributed by atoms with E-state index in [-0.39, 0.29) is 5.92 Å². The summed E-state index contributed by atoms with van der Waals surface area (Å²) in [6.07, 6.45) is 9.46. The van der Waals surface area contributed by atoms with Gasteiger partial charge in [-0.15, -0.1) is 0 Å². The second-order valence-electron chi connectivity index (χ2n) is 5.51. The van der Waals surface area contributed by atoms with Crippen molar-refractivity contribution >= 4 is 11.9 Å². The largest absolute Gasteiger partial charge is 0.481 e. The van der Waals surface area contributed by atoms with Crippen LogP contribution in [0.4, 0.5) is 0 Å². The minimum atomic E-state index is -0.913. The Balaban J connectivity index is 0. The van der Waals surface area contributed by atoms with Crippen LogP contribution in [0.15, 0.2) is 0 Å². The van der Waals surface area contributed by atoms with Crippen molar-refractivity contribution in [3.05, 3.63) is 0 Å². The maximum absolute atomic E-state index is 10.2. The lowest BCUT2D eigenvalue weighted by Crippen LogP contribution is -2.36. The fourth-order valence-corrected chi connectivity index (χ4v) is 1.73. The highest BCUT2D eigenvalue weighted by atomic mass is 16.4. The van der Waals surface area contributed by atoms with Crippen LogP contribution in [-0.2, 0) is 9.59 Å². The van der Waals surface area contributed by atoms with Gasteiger partial charge in [0.05, 0.1) is 0 Å². The summed E-state index contributed by atoms with van der Waals surface area (Å²) in [6, 6.07) is -0.699. The first-order valence-corrected chi connectivity index (χ1v) is 8.06. The highest BCUT2D eigenvalue weighted by Crippen LogP contribution is 2.08. The van der Waals surface area contributed by atoms with Crippen LogP contribution < -0.4 is 5.73 Å². The predicted octanol–water partition coefficient (Wildman–Crippen LogP) is 3.66. The SMILES string of the molecule is CCC(C)C(N)C(=O)O.CCCCCCCCCC(=O)O. The normalized spacial score (nSPS) is 13.0. The molecule has 0 spiro atoms. The summed E-state index contributed by atoms with van der Waals surface area (Å²) < 4.78 is 0. The quantitative estimate of drug-likeness (QED) is 0.506. The van der Waals surface area contributed by atoms with E-state index in [9.17, 15) is 9.59 Å². The number of nitrogens with two attached hydrogens (primary N) is 1. The van der Waals surface area contributed by atoms with Crippen LogP contribution in [0.1, 0.15) is 78.6 Å².